The van der Waals surface area contributed by atoms with Crippen LogP contribution in [0.3, 0.4) is 0 Å². The molecule has 1 atom stereocenters. The molecule has 3 aromatic rings. The molecule has 0 fully saturated rings. The maximum atomic E-state index is 11.8. The Morgan fingerprint density at radius 2 is 1.95 bits per heavy atom. The second kappa shape index (κ2) is 4.93. The molecule has 96 valence electrons. The number of benzene rings is 1. The molecular formula is C14H13N3OS. The van der Waals surface area contributed by atoms with Crippen molar-refractivity contribution < 1.29 is 4.21 Å². The highest BCUT2D eigenvalue weighted by atomic mass is 32.2. The lowest BCUT2D eigenvalue weighted by Gasteiger charge is -2.06. The lowest BCUT2D eigenvalue weighted by atomic mass is 10.3. The van der Waals surface area contributed by atoms with Crippen LogP contribution in [-0.2, 0) is 17.3 Å². The van der Waals surface area contributed by atoms with Crippen LogP contribution in [-0.4, -0.2) is 25.0 Å². The number of hydrogen-bond donors (Lipinski definition) is 0. The number of nitrogens with zero attached hydrogens (tertiary/aromatic N) is 3. The Bertz CT molecular complexity index is 737. The van der Waals surface area contributed by atoms with E-state index in [0.29, 0.717) is 11.7 Å². The summed E-state index contributed by atoms with van der Waals surface area (Å²) in [5, 5.41) is 0.590. The van der Waals surface area contributed by atoms with Gasteiger partial charge in [0.15, 0.2) is 5.16 Å². The minimum atomic E-state index is -1.12. The number of rotatable bonds is 3. The quantitative estimate of drug-likeness (QED) is 0.734. The largest absolute Gasteiger partial charge is 0.311 e. The summed E-state index contributed by atoms with van der Waals surface area (Å²) in [4.78, 5) is 8.76. The average molecular weight is 271 g/mol. The number of aromatic nitrogens is 3. The average Bonchev–Trinajstić information content (AvgIpc) is 2.79. The third-order valence-electron chi connectivity index (χ3n) is 2.92. The molecule has 0 N–H and O–H groups in total. The normalized spacial score (nSPS) is 12.7. The molecular weight excluding hydrogens is 258 g/mol. The summed E-state index contributed by atoms with van der Waals surface area (Å²) in [6.45, 7) is 0.580. The van der Waals surface area contributed by atoms with Crippen LogP contribution in [0.2, 0.25) is 0 Å². The maximum Gasteiger partial charge on any atom is 0.200 e. The molecule has 3 rings (SSSR count). The molecule has 0 spiro atoms. The van der Waals surface area contributed by atoms with E-state index in [9.17, 15) is 4.21 Å². The molecule has 0 amide bonds. The lowest BCUT2D eigenvalue weighted by molar-refractivity contribution is 0.657. The van der Waals surface area contributed by atoms with Gasteiger partial charge in [0, 0.05) is 12.5 Å². The summed E-state index contributed by atoms with van der Waals surface area (Å²) in [6.07, 6.45) is 3.41. The van der Waals surface area contributed by atoms with Gasteiger partial charge in [-0.15, -0.1) is 0 Å². The Hall–Kier alpha value is -2.01. The second-order valence-electron chi connectivity index (χ2n) is 4.24. The number of para-hydroxylation sites is 2. The van der Waals surface area contributed by atoms with Crippen molar-refractivity contribution in [2.75, 3.05) is 6.26 Å². The lowest BCUT2D eigenvalue weighted by Crippen LogP contribution is -2.07. The summed E-state index contributed by atoms with van der Waals surface area (Å²) in [6, 6.07) is 13.6. The van der Waals surface area contributed by atoms with E-state index in [1.807, 2.05) is 47.0 Å². The topological polar surface area (TPSA) is 47.8 Å². The maximum absolute atomic E-state index is 11.8. The van der Waals surface area contributed by atoms with E-state index in [0.717, 1.165) is 16.7 Å². The van der Waals surface area contributed by atoms with Gasteiger partial charge in [-0.1, -0.05) is 18.2 Å². The van der Waals surface area contributed by atoms with Crippen molar-refractivity contribution in [3.63, 3.8) is 0 Å². The molecule has 0 aliphatic rings. The van der Waals surface area contributed by atoms with Gasteiger partial charge in [0.2, 0.25) is 0 Å². The van der Waals surface area contributed by atoms with E-state index in [2.05, 4.69) is 9.97 Å². The highest BCUT2D eigenvalue weighted by molar-refractivity contribution is 7.84. The van der Waals surface area contributed by atoms with Crippen LogP contribution in [0.15, 0.2) is 53.8 Å². The molecule has 2 aromatic heterocycles. The molecule has 0 radical (unpaired) electrons. The van der Waals surface area contributed by atoms with E-state index in [1.165, 1.54) is 0 Å². The van der Waals surface area contributed by atoms with Crippen molar-refractivity contribution in [2.45, 2.75) is 11.7 Å². The summed E-state index contributed by atoms with van der Waals surface area (Å²) in [5.41, 5.74) is 2.78. The first kappa shape index (κ1) is 12.0. The van der Waals surface area contributed by atoms with Gasteiger partial charge < -0.3 is 4.57 Å². The minimum absolute atomic E-state index is 0.580. The Morgan fingerprint density at radius 3 is 2.68 bits per heavy atom. The fraction of sp³-hybridized carbons (Fsp3) is 0.143. The van der Waals surface area contributed by atoms with Crippen molar-refractivity contribution in [1.82, 2.24) is 14.5 Å². The fourth-order valence-corrected chi connectivity index (χ4v) is 2.78. The molecule has 1 unspecified atom stereocenters. The van der Waals surface area contributed by atoms with Gasteiger partial charge in [0.1, 0.15) is 0 Å². The zero-order valence-corrected chi connectivity index (χ0v) is 11.3. The SMILES string of the molecule is CS(=O)c1nc2ccccc2n1Cc1ccccn1. The van der Waals surface area contributed by atoms with Crippen molar-refractivity contribution in [2.24, 2.45) is 0 Å². The van der Waals surface area contributed by atoms with Gasteiger partial charge in [-0.05, 0) is 24.3 Å². The summed E-state index contributed by atoms with van der Waals surface area (Å²) < 4.78 is 13.8. The van der Waals surface area contributed by atoms with E-state index < -0.39 is 10.8 Å². The number of hydrogen-bond acceptors (Lipinski definition) is 3. The molecule has 0 saturated carbocycles. The molecule has 2 heterocycles. The van der Waals surface area contributed by atoms with Crippen LogP contribution < -0.4 is 0 Å². The van der Waals surface area contributed by atoms with E-state index in [-0.39, 0.29) is 0 Å². The first-order chi connectivity index (χ1) is 9.25. The number of fused-ring (bicyclic) bond motifs is 1. The fourth-order valence-electron chi connectivity index (χ4n) is 2.08. The van der Waals surface area contributed by atoms with Gasteiger partial charge in [-0.25, -0.2) is 4.98 Å². The van der Waals surface area contributed by atoms with Crippen LogP contribution in [0.5, 0.6) is 0 Å². The van der Waals surface area contributed by atoms with Gasteiger partial charge in [0.05, 0.1) is 34.1 Å². The van der Waals surface area contributed by atoms with Crippen LogP contribution in [0.4, 0.5) is 0 Å². The predicted octanol–water partition coefficient (Wildman–Crippen LogP) is 2.22. The third kappa shape index (κ3) is 2.29. The molecule has 0 aliphatic heterocycles. The summed E-state index contributed by atoms with van der Waals surface area (Å²) >= 11 is 0. The Kier molecular flexibility index (Phi) is 3.13. The standard InChI is InChI=1S/C14H13N3OS/c1-19(18)14-16-12-7-2-3-8-13(12)17(14)10-11-6-4-5-9-15-11/h2-9H,10H2,1H3. The van der Waals surface area contributed by atoms with E-state index in [1.54, 1.807) is 12.5 Å². The Balaban J connectivity index is 2.15. The van der Waals surface area contributed by atoms with Gasteiger partial charge in [0.25, 0.3) is 0 Å². The van der Waals surface area contributed by atoms with Crippen molar-refractivity contribution >= 4 is 21.8 Å². The minimum Gasteiger partial charge on any atom is -0.311 e. The zero-order chi connectivity index (χ0) is 13.2. The van der Waals surface area contributed by atoms with Gasteiger partial charge in [-0.3, -0.25) is 9.19 Å². The van der Waals surface area contributed by atoms with Crippen LogP contribution in [0.25, 0.3) is 11.0 Å². The zero-order valence-electron chi connectivity index (χ0n) is 10.5. The number of pyridine rings is 1. The second-order valence-corrected chi connectivity index (χ2v) is 5.52. The highest BCUT2D eigenvalue weighted by Gasteiger charge is 2.13. The predicted molar refractivity (Wildman–Crippen MR) is 75.4 cm³/mol. The van der Waals surface area contributed by atoms with Crippen LogP contribution in [0.1, 0.15) is 5.69 Å². The first-order valence-electron chi connectivity index (χ1n) is 5.94. The summed E-state index contributed by atoms with van der Waals surface area (Å²) in [5.74, 6) is 0. The molecule has 0 saturated heterocycles. The highest BCUT2D eigenvalue weighted by Crippen LogP contribution is 2.19. The van der Waals surface area contributed by atoms with Crippen LogP contribution >= 0.6 is 0 Å². The van der Waals surface area contributed by atoms with Crippen molar-refractivity contribution in [3.05, 3.63) is 54.4 Å². The molecule has 0 bridgehead atoms. The van der Waals surface area contributed by atoms with Gasteiger partial charge >= 0.3 is 0 Å². The molecule has 5 heteroatoms. The first-order valence-corrected chi connectivity index (χ1v) is 7.50. The van der Waals surface area contributed by atoms with E-state index >= 15 is 0 Å². The molecule has 19 heavy (non-hydrogen) atoms. The monoisotopic (exact) mass is 271 g/mol. The molecule has 1 aromatic carbocycles. The number of imidazole rings is 1. The molecule has 4 nitrogen and oxygen atoms in total. The van der Waals surface area contributed by atoms with Crippen LogP contribution in [0, 0.1) is 0 Å². The van der Waals surface area contributed by atoms with Gasteiger partial charge in [-0.2, -0.15) is 0 Å². The molecule has 0 aliphatic carbocycles. The van der Waals surface area contributed by atoms with Crippen molar-refractivity contribution in [1.29, 1.82) is 0 Å². The third-order valence-corrected chi connectivity index (χ3v) is 3.75. The Labute approximate surface area is 113 Å². The Morgan fingerprint density at radius 1 is 1.16 bits per heavy atom. The van der Waals surface area contributed by atoms with E-state index in [4.69, 9.17) is 0 Å². The van der Waals surface area contributed by atoms with Crippen molar-refractivity contribution in [3.8, 4) is 0 Å². The summed E-state index contributed by atoms with van der Waals surface area (Å²) in [7, 11) is -1.12. The smallest absolute Gasteiger partial charge is 0.200 e.